The zero-order valence-corrected chi connectivity index (χ0v) is 14.4. The zero-order valence-electron chi connectivity index (χ0n) is 13.6. The number of amides is 1. The Hall–Kier alpha value is -2.32. The molecule has 0 atom stereocenters. The molecule has 7 nitrogen and oxygen atoms in total. The first-order valence-corrected chi connectivity index (χ1v) is 9.24. The highest BCUT2D eigenvalue weighted by atomic mass is 32.2. The monoisotopic (exact) mass is 352 g/mol. The minimum atomic E-state index is -3.57. The number of nitrogens with zero attached hydrogens (tertiary/aromatic N) is 1. The topological polar surface area (TPSA) is 88.8 Å². The molecule has 0 radical (unpaired) electrons. The van der Waals surface area contributed by atoms with E-state index in [1.807, 2.05) is 6.92 Å². The van der Waals surface area contributed by atoms with Crippen molar-refractivity contribution in [3.05, 3.63) is 48.4 Å². The van der Waals surface area contributed by atoms with E-state index < -0.39 is 15.9 Å². The van der Waals surface area contributed by atoms with Gasteiger partial charge in [-0.3, -0.25) is 4.79 Å². The molecule has 0 spiro atoms. The summed E-state index contributed by atoms with van der Waals surface area (Å²) in [4.78, 5) is 12.3. The number of ether oxygens (including phenoxy) is 1. The van der Waals surface area contributed by atoms with Gasteiger partial charge in [-0.15, -0.1) is 0 Å². The highest BCUT2D eigenvalue weighted by Gasteiger charge is 2.22. The van der Waals surface area contributed by atoms with Gasteiger partial charge < -0.3 is 14.5 Å². The summed E-state index contributed by atoms with van der Waals surface area (Å²) in [6.07, 6.45) is 2.51. The summed E-state index contributed by atoms with van der Waals surface area (Å²) >= 11 is 0. The fraction of sp³-hybridized carbons (Fsp3) is 0.312. The number of sulfonamides is 1. The summed E-state index contributed by atoms with van der Waals surface area (Å²) in [5.74, 6) is 0.535. The minimum Gasteiger partial charge on any atom is -0.492 e. The van der Waals surface area contributed by atoms with E-state index in [-0.39, 0.29) is 13.1 Å². The molecule has 0 bridgehead atoms. The van der Waals surface area contributed by atoms with Gasteiger partial charge in [0.05, 0.1) is 37.9 Å². The molecule has 0 aliphatic rings. The van der Waals surface area contributed by atoms with E-state index in [9.17, 15) is 13.2 Å². The van der Waals surface area contributed by atoms with Crippen LogP contribution >= 0.6 is 0 Å². The van der Waals surface area contributed by atoms with Crippen LogP contribution in [0.25, 0.3) is 0 Å². The average molecular weight is 352 g/mol. The first-order valence-electron chi connectivity index (χ1n) is 7.39. The number of anilines is 1. The molecular formula is C16H20N2O5S. The lowest BCUT2D eigenvalue weighted by atomic mass is 10.3. The molecule has 2 aromatic rings. The van der Waals surface area contributed by atoms with Gasteiger partial charge in [-0.1, -0.05) is 12.1 Å². The van der Waals surface area contributed by atoms with E-state index in [4.69, 9.17) is 9.15 Å². The molecule has 2 rings (SSSR count). The standard InChI is InChI=1S/C16H20N2O5S/c1-3-22-15-9-5-4-8-14(15)17-16(19)12-18(24(2,20)21)11-13-7-6-10-23-13/h4-10H,3,11-12H2,1-2H3,(H,17,19). The van der Waals surface area contributed by atoms with Crippen LogP contribution in [-0.2, 0) is 21.4 Å². The summed E-state index contributed by atoms with van der Waals surface area (Å²) in [6, 6.07) is 10.3. The fourth-order valence-corrected chi connectivity index (χ4v) is 2.78. The number of carbonyl (C=O) groups excluding carboxylic acids is 1. The van der Waals surface area contributed by atoms with Gasteiger partial charge in [0.15, 0.2) is 0 Å². The van der Waals surface area contributed by atoms with Gasteiger partial charge in [0.2, 0.25) is 15.9 Å². The SMILES string of the molecule is CCOc1ccccc1NC(=O)CN(Cc1ccco1)S(C)(=O)=O. The molecule has 1 aromatic carbocycles. The average Bonchev–Trinajstić information content (AvgIpc) is 3.01. The van der Waals surface area contributed by atoms with Gasteiger partial charge >= 0.3 is 0 Å². The van der Waals surface area contributed by atoms with Crippen molar-refractivity contribution < 1.29 is 22.4 Å². The summed E-state index contributed by atoms with van der Waals surface area (Å²) in [5, 5.41) is 2.68. The second-order valence-electron chi connectivity index (χ2n) is 5.09. The molecule has 1 N–H and O–H groups in total. The molecule has 8 heteroatoms. The number of hydrogen-bond acceptors (Lipinski definition) is 5. The Balaban J connectivity index is 2.08. The zero-order chi connectivity index (χ0) is 17.6. The summed E-state index contributed by atoms with van der Waals surface area (Å²) in [5.41, 5.74) is 0.496. The molecule has 1 amide bonds. The number of rotatable bonds is 8. The molecule has 24 heavy (non-hydrogen) atoms. The molecule has 0 saturated carbocycles. The van der Waals surface area contributed by atoms with E-state index in [0.29, 0.717) is 23.8 Å². The van der Waals surface area contributed by atoms with Crippen molar-refractivity contribution in [2.45, 2.75) is 13.5 Å². The normalized spacial score (nSPS) is 11.5. The number of benzene rings is 1. The van der Waals surface area contributed by atoms with Gasteiger partial charge in [0.25, 0.3) is 0 Å². The van der Waals surface area contributed by atoms with Crippen LogP contribution in [0.5, 0.6) is 5.75 Å². The lowest BCUT2D eigenvalue weighted by molar-refractivity contribution is -0.116. The number of para-hydroxylation sites is 2. The number of nitrogens with one attached hydrogen (secondary N) is 1. The molecule has 130 valence electrons. The van der Waals surface area contributed by atoms with Gasteiger partial charge in [-0.25, -0.2) is 8.42 Å². The maximum atomic E-state index is 12.3. The first kappa shape index (κ1) is 18.0. The smallest absolute Gasteiger partial charge is 0.239 e. The third-order valence-electron chi connectivity index (χ3n) is 3.16. The molecule has 0 unspecified atom stereocenters. The predicted octanol–water partition coefficient (Wildman–Crippen LogP) is 2.08. The Morgan fingerprint density at radius 1 is 1.25 bits per heavy atom. The second kappa shape index (κ2) is 7.98. The molecule has 0 saturated heterocycles. The van der Waals surface area contributed by atoms with Crippen LogP contribution in [0.4, 0.5) is 5.69 Å². The van der Waals surface area contributed by atoms with Gasteiger partial charge in [0.1, 0.15) is 11.5 Å². The maximum absolute atomic E-state index is 12.3. The Kier molecular flexibility index (Phi) is 5.99. The molecule has 1 heterocycles. The van der Waals surface area contributed by atoms with Gasteiger partial charge in [-0.05, 0) is 31.2 Å². The van der Waals surface area contributed by atoms with Crippen molar-refractivity contribution >= 4 is 21.6 Å². The number of carbonyl (C=O) groups is 1. The van der Waals surface area contributed by atoms with Crippen LogP contribution in [0.15, 0.2) is 47.1 Å². The lowest BCUT2D eigenvalue weighted by Crippen LogP contribution is -2.36. The van der Waals surface area contributed by atoms with Crippen LogP contribution in [-0.4, -0.2) is 38.0 Å². The molecule has 0 aliphatic heterocycles. The van der Waals surface area contributed by atoms with E-state index in [0.717, 1.165) is 10.6 Å². The summed E-state index contributed by atoms with van der Waals surface area (Å²) in [7, 11) is -3.57. The summed E-state index contributed by atoms with van der Waals surface area (Å²) < 4.78 is 35.4. The van der Waals surface area contributed by atoms with Gasteiger partial charge in [0, 0.05) is 0 Å². The molecule has 1 aromatic heterocycles. The maximum Gasteiger partial charge on any atom is 0.239 e. The van der Waals surface area contributed by atoms with Crippen molar-refractivity contribution in [2.75, 3.05) is 24.7 Å². The van der Waals surface area contributed by atoms with Crippen molar-refractivity contribution in [1.82, 2.24) is 4.31 Å². The van der Waals surface area contributed by atoms with E-state index >= 15 is 0 Å². The van der Waals surface area contributed by atoms with Crippen LogP contribution in [0.2, 0.25) is 0 Å². The quantitative estimate of drug-likeness (QED) is 0.786. The number of furan rings is 1. The van der Waals surface area contributed by atoms with Crippen molar-refractivity contribution in [3.8, 4) is 5.75 Å². The van der Waals surface area contributed by atoms with Crippen LogP contribution in [0.1, 0.15) is 12.7 Å². The van der Waals surface area contributed by atoms with E-state index in [1.165, 1.54) is 6.26 Å². The lowest BCUT2D eigenvalue weighted by Gasteiger charge is -2.19. The second-order valence-corrected chi connectivity index (χ2v) is 7.07. The van der Waals surface area contributed by atoms with Crippen LogP contribution in [0.3, 0.4) is 0 Å². The highest BCUT2D eigenvalue weighted by Crippen LogP contribution is 2.23. The van der Waals surface area contributed by atoms with Crippen molar-refractivity contribution in [2.24, 2.45) is 0 Å². The first-order chi connectivity index (χ1) is 11.4. The largest absolute Gasteiger partial charge is 0.492 e. The Morgan fingerprint density at radius 3 is 2.62 bits per heavy atom. The Labute approximate surface area is 141 Å². The third kappa shape index (κ3) is 5.10. The molecular weight excluding hydrogens is 332 g/mol. The summed E-state index contributed by atoms with van der Waals surface area (Å²) in [6.45, 7) is 1.97. The van der Waals surface area contributed by atoms with Crippen LogP contribution in [0, 0.1) is 0 Å². The third-order valence-corrected chi connectivity index (χ3v) is 4.36. The van der Waals surface area contributed by atoms with Crippen molar-refractivity contribution in [3.63, 3.8) is 0 Å². The molecule has 0 fully saturated rings. The number of hydrogen-bond donors (Lipinski definition) is 1. The van der Waals surface area contributed by atoms with E-state index in [2.05, 4.69) is 5.32 Å². The molecule has 0 aliphatic carbocycles. The minimum absolute atomic E-state index is 0.00758. The van der Waals surface area contributed by atoms with Gasteiger partial charge in [-0.2, -0.15) is 4.31 Å². The Bertz CT molecular complexity index is 772. The van der Waals surface area contributed by atoms with E-state index in [1.54, 1.807) is 36.4 Å². The van der Waals surface area contributed by atoms with Crippen LogP contribution < -0.4 is 10.1 Å². The highest BCUT2D eigenvalue weighted by molar-refractivity contribution is 7.88. The fourth-order valence-electron chi connectivity index (χ4n) is 2.07. The Morgan fingerprint density at radius 2 is 2.00 bits per heavy atom. The predicted molar refractivity (Wildman–Crippen MR) is 90.2 cm³/mol. The van der Waals surface area contributed by atoms with Crippen molar-refractivity contribution in [1.29, 1.82) is 0 Å².